The summed E-state index contributed by atoms with van der Waals surface area (Å²) >= 11 is 0. The van der Waals surface area contributed by atoms with E-state index in [4.69, 9.17) is 0 Å². The minimum absolute atomic E-state index is 0.0772. The molecule has 0 saturated carbocycles. The summed E-state index contributed by atoms with van der Waals surface area (Å²) in [7, 11) is -2.87. The molecule has 1 saturated heterocycles. The maximum absolute atomic E-state index is 11.7. The number of benzene rings is 2. The number of aliphatic imine (C=N–C) groups is 1. The smallest absolute Gasteiger partial charge is 0.191 e. The highest BCUT2D eigenvalue weighted by molar-refractivity contribution is 7.91. The van der Waals surface area contributed by atoms with Gasteiger partial charge >= 0.3 is 0 Å². The van der Waals surface area contributed by atoms with Crippen LogP contribution in [0.2, 0.25) is 0 Å². The van der Waals surface area contributed by atoms with Crippen molar-refractivity contribution in [1.29, 1.82) is 0 Å². The summed E-state index contributed by atoms with van der Waals surface area (Å²) < 4.78 is 23.3. The summed E-state index contributed by atoms with van der Waals surface area (Å²) in [6, 6.07) is 15.0. The molecule has 2 unspecified atom stereocenters. The van der Waals surface area contributed by atoms with Crippen molar-refractivity contribution in [1.82, 2.24) is 10.6 Å². The molecule has 2 atom stereocenters. The van der Waals surface area contributed by atoms with Crippen molar-refractivity contribution in [2.24, 2.45) is 10.9 Å². The van der Waals surface area contributed by atoms with Gasteiger partial charge in [0.05, 0.1) is 17.5 Å². The van der Waals surface area contributed by atoms with Crippen molar-refractivity contribution in [3.63, 3.8) is 0 Å². The summed E-state index contributed by atoms with van der Waals surface area (Å²) in [5.41, 5.74) is 1.22. The quantitative estimate of drug-likeness (QED) is 0.610. The number of hydrogen-bond acceptors (Lipinski definition) is 3. The van der Waals surface area contributed by atoms with Gasteiger partial charge in [0, 0.05) is 12.6 Å². The lowest BCUT2D eigenvalue weighted by Gasteiger charge is -2.22. The third-order valence-electron chi connectivity index (χ3n) is 4.90. The average Bonchev–Trinajstić information content (AvgIpc) is 2.97. The third kappa shape index (κ3) is 5.22. The van der Waals surface area contributed by atoms with Gasteiger partial charge in [-0.25, -0.2) is 8.42 Å². The molecule has 2 aromatic rings. The highest BCUT2D eigenvalue weighted by Crippen LogP contribution is 2.24. The van der Waals surface area contributed by atoms with Crippen LogP contribution in [-0.4, -0.2) is 38.5 Å². The van der Waals surface area contributed by atoms with Crippen LogP contribution in [0.1, 0.15) is 38.8 Å². The first-order valence-corrected chi connectivity index (χ1v) is 11.4. The molecule has 0 aliphatic carbocycles. The summed E-state index contributed by atoms with van der Waals surface area (Å²) in [5, 5.41) is 9.30. The number of hydrogen-bond donors (Lipinski definition) is 2. The molecule has 0 spiro atoms. The van der Waals surface area contributed by atoms with Crippen LogP contribution in [0.3, 0.4) is 0 Å². The van der Waals surface area contributed by atoms with E-state index in [1.165, 1.54) is 16.3 Å². The van der Waals surface area contributed by atoms with Crippen molar-refractivity contribution in [3.05, 3.63) is 48.0 Å². The van der Waals surface area contributed by atoms with Crippen molar-refractivity contribution >= 4 is 26.6 Å². The van der Waals surface area contributed by atoms with Crippen LogP contribution >= 0.6 is 0 Å². The maximum Gasteiger partial charge on any atom is 0.191 e. The first-order chi connectivity index (χ1) is 12.8. The lowest BCUT2D eigenvalue weighted by atomic mass is 10.00. The molecule has 1 aliphatic rings. The van der Waals surface area contributed by atoms with Gasteiger partial charge in [-0.2, -0.15) is 0 Å². The van der Waals surface area contributed by atoms with E-state index in [1.54, 1.807) is 0 Å². The van der Waals surface area contributed by atoms with Crippen LogP contribution in [0, 0.1) is 5.92 Å². The van der Waals surface area contributed by atoms with E-state index in [1.807, 2.05) is 6.07 Å². The number of nitrogens with one attached hydrogen (secondary N) is 2. The fourth-order valence-corrected chi connectivity index (χ4v) is 5.40. The second kappa shape index (κ2) is 8.30. The minimum atomic E-state index is -2.87. The Bertz CT molecular complexity index is 917. The molecule has 1 aliphatic heterocycles. The maximum atomic E-state index is 11.7. The number of nitrogens with zero attached hydrogens (tertiary/aromatic N) is 1. The Labute approximate surface area is 162 Å². The SMILES string of the molecule is CC(C)NC(=NCC1CCS(=O)(=O)C1)NC(C)c1cccc2ccccc12. The summed E-state index contributed by atoms with van der Waals surface area (Å²) in [6.45, 7) is 6.79. The second-order valence-electron chi connectivity index (χ2n) is 7.69. The number of fused-ring (bicyclic) bond motifs is 1. The monoisotopic (exact) mass is 387 g/mol. The van der Waals surface area contributed by atoms with Crippen LogP contribution in [0.25, 0.3) is 10.8 Å². The van der Waals surface area contributed by atoms with Gasteiger partial charge in [0.2, 0.25) is 0 Å². The van der Waals surface area contributed by atoms with Gasteiger partial charge in [-0.05, 0) is 49.4 Å². The van der Waals surface area contributed by atoms with E-state index in [-0.39, 0.29) is 23.8 Å². The standard InChI is InChI=1S/C21H29N3O2S/c1-15(2)23-21(22-13-17-11-12-27(25,26)14-17)24-16(3)19-10-6-8-18-7-4-5-9-20(18)19/h4-10,15-17H,11-14H2,1-3H3,(H2,22,23,24). The van der Waals surface area contributed by atoms with Gasteiger partial charge in [-0.3, -0.25) is 4.99 Å². The van der Waals surface area contributed by atoms with Crippen molar-refractivity contribution in [3.8, 4) is 0 Å². The topological polar surface area (TPSA) is 70.6 Å². The molecule has 6 heteroatoms. The van der Waals surface area contributed by atoms with E-state index in [0.29, 0.717) is 18.7 Å². The molecule has 1 fully saturated rings. The molecule has 5 nitrogen and oxygen atoms in total. The molecule has 27 heavy (non-hydrogen) atoms. The van der Waals surface area contributed by atoms with E-state index in [2.05, 4.69) is 72.8 Å². The van der Waals surface area contributed by atoms with Gasteiger partial charge in [0.1, 0.15) is 0 Å². The predicted octanol–water partition coefficient (Wildman–Crippen LogP) is 3.28. The molecule has 0 radical (unpaired) electrons. The van der Waals surface area contributed by atoms with E-state index in [0.717, 1.165) is 5.96 Å². The second-order valence-corrected chi connectivity index (χ2v) is 9.92. The van der Waals surface area contributed by atoms with Gasteiger partial charge < -0.3 is 10.6 Å². The molecular formula is C21H29N3O2S. The fraction of sp³-hybridized carbons (Fsp3) is 0.476. The number of rotatable bonds is 5. The Morgan fingerprint density at radius 3 is 2.56 bits per heavy atom. The molecule has 0 bridgehead atoms. The summed E-state index contributed by atoms with van der Waals surface area (Å²) in [6.07, 6.45) is 0.708. The van der Waals surface area contributed by atoms with Gasteiger partial charge in [-0.15, -0.1) is 0 Å². The zero-order valence-electron chi connectivity index (χ0n) is 16.3. The number of guanidine groups is 1. The molecule has 0 aromatic heterocycles. The van der Waals surface area contributed by atoms with E-state index >= 15 is 0 Å². The normalized spacial score (nSPS) is 20.7. The Balaban J connectivity index is 1.76. The Hall–Kier alpha value is -2.08. The zero-order chi connectivity index (χ0) is 19.4. The molecule has 0 amide bonds. The molecule has 2 N–H and O–H groups in total. The van der Waals surface area contributed by atoms with Crippen molar-refractivity contribution in [2.45, 2.75) is 39.3 Å². The highest BCUT2D eigenvalue weighted by Gasteiger charge is 2.27. The van der Waals surface area contributed by atoms with Gasteiger partial charge in [0.25, 0.3) is 0 Å². The average molecular weight is 388 g/mol. The Kier molecular flexibility index (Phi) is 6.05. The molecule has 146 valence electrons. The van der Waals surface area contributed by atoms with Crippen LogP contribution in [0.4, 0.5) is 0 Å². The van der Waals surface area contributed by atoms with Crippen molar-refractivity contribution in [2.75, 3.05) is 18.1 Å². The third-order valence-corrected chi connectivity index (χ3v) is 6.74. The van der Waals surface area contributed by atoms with Crippen molar-refractivity contribution < 1.29 is 8.42 Å². The highest BCUT2D eigenvalue weighted by atomic mass is 32.2. The molecule has 2 aromatic carbocycles. The van der Waals surface area contributed by atoms with Crippen LogP contribution in [0.15, 0.2) is 47.5 Å². The Morgan fingerprint density at radius 2 is 1.85 bits per heavy atom. The summed E-state index contributed by atoms with van der Waals surface area (Å²) in [5.74, 6) is 1.40. The van der Waals surface area contributed by atoms with Gasteiger partial charge in [0.15, 0.2) is 15.8 Å². The zero-order valence-corrected chi connectivity index (χ0v) is 17.1. The molecule has 1 heterocycles. The van der Waals surface area contributed by atoms with E-state index < -0.39 is 9.84 Å². The largest absolute Gasteiger partial charge is 0.354 e. The minimum Gasteiger partial charge on any atom is -0.354 e. The lowest BCUT2D eigenvalue weighted by molar-refractivity contribution is 0.584. The number of sulfone groups is 1. The van der Waals surface area contributed by atoms with Crippen LogP contribution in [-0.2, 0) is 9.84 Å². The first kappa shape index (κ1) is 19.7. The first-order valence-electron chi connectivity index (χ1n) is 9.59. The molecule has 3 rings (SSSR count). The fourth-order valence-electron chi connectivity index (χ4n) is 3.55. The predicted molar refractivity (Wildman–Crippen MR) is 113 cm³/mol. The van der Waals surface area contributed by atoms with Crippen LogP contribution < -0.4 is 10.6 Å². The van der Waals surface area contributed by atoms with Gasteiger partial charge in [-0.1, -0.05) is 42.5 Å². The van der Waals surface area contributed by atoms with E-state index in [9.17, 15) is 8.42 Å². The Morgan fingerprint density at radius 1 is 1.11 bits per heavy atom. The lowest BCUT2D eigenvalue weighted by Crippen LogP contribution is -2.42. The molecular weight excluding hydrogens is 358 g/mol. The van der Waals surface area contributed by atoms with Crippen LogP contribution in [0.5, 0.6) is 0 Å². The summed E-state index contributed by atoms with van der Waals surface area (Å²) in [4.78, 5) is 4.69.